The lowest BCUT2D eigenvalue weighted by Gasteiger charge is -2.26. The van der Waals surface area contributed by atoms with Gasteiger partial charge in [-0.1, -0.05) is 6.92 Å². The van der Waals surface area contributed by atoms with Gasteiger partial charge in [0.2, 0.25) is 0 Å². The van der Waals surface area contributed by atoms with Crippen LogP contribution in [0.3, 0.4) is 0 Å². The summed E-state index contributed by atoms with van der Waals surface area (Å²) >= 11 is 0. The molecule has 1 aliphatic rings. The summed E-state index contributed by atoms with van der Waals surface area (Å²) in [6.45, 7) is 7.30. The van der Waals surface area contributed by atoms with Crippen LogP contribution < -0.4 is 5.32 Å². The highest BCUT2D eigenvalue weighted by Gasteiger charge is 2.15. The third-order valence-electron chi connectivity index (χ3n) is 3.10. The molecule has 0 aromatic carbocycles. The van der Waals surface area contributed by atoms with Crippen LogP contribution in [-0.2, 0) is 17.8 Å². The van der Waals surface area contributed by atoms with E-state index in [2.05, 4.69) is 27.2 Å². The van der Waals surface area contributed by atoms with Gasteiger partial charge in [-0.05, 0) is 6.42 Å². The van der Waals surface area contributed by atoms with Crippen molar-refractivity contribution in [3.05, 3.63) is 12.2 Å². The fraction of sp³-hybridized carbons (Fsp3) is 0.750. The minimum atomic E-state index is 0.224. The van der Waals surface area contributed by atoms with Gasteiger partial charge in [-0.25, -0.2) is 9.67 Å². The largest absolute Gasteiger partial charge is 0.314 e. The van der Waals surface area contributed by atoms with Crippen molar-refractivity contribution in [2.75, 3.05) is 32.7 Å². The number of nitrogens with one attached hydrogen (secondary N) is 1. The van der Waals surface area contributed by atoms with E-state index in [1.807, 2.05) is 4.68 Å². The lowest BCUT2D eigenvalue weighted by molar-refractivity contribution is -0.119. The molecule has 1 N–H and O–H groups in total. The van der Waals surface area contributed by atoms with Crippen LogP contribution in [0.2, 0.25) is 0 Å². The molecule has 6 heteroatoms. The highest BCUT2D eigenvalue weighted by atomic mass is 16.1. The number of ketones is 1. The Bertz CT molecular complexity index is 384. The molecular formula is C12H21N5O. The summed E-state index contributed by atoms with van der Waals surface area (Å²) in [5.74, 6) is 1.01. The number of carbonyl (C=O) groups excluding carboxylic acids is 1. The van der Waals surface area contributed by atoms with Gasteiger partial charge in [-0.2, -0.15) is 5.10 Å². The fourth-order valence-corrected chi connectivity index (χ4v) is 2.17. The van der Waals surface area contributed by atoms with E-state index in [9.17, 15) is 4.79 Å². The van der Waals surface area contributed by atoms with Gasteiger partial charge in [0.15, 0.2) is 5.78 Å². The maximum Gasteiger partial charge on any atom is 0.154 e. The van der Waals surface area contributed by atoms with Gasteiger partial charge in [-0.15, -0.1) is 0 Å². The maximum absolute atomic E-state index is 12.0. The standard InChI is InChI=1S/C12H21N5O/c1-2-5-17-12(14-10-15-17)8-11(18)9-16-6-3-13-4-7-16/h10,13H,2-9H2,1H3. The van der Waals surface area contributed by atoms with E-state index in [1.165, 1.54) is 6.33 Å². The molecule has 0 spiro atoms. The Hall–Kier alpha value is -1.27. The van der Waals surface area contributed by atoms with E-state index in [4.69, 9.17) is 0 Å². The second-order valence-corrected chi connectivity index (χ2v) is 4.64. The Morgan fingerprint density at radius 2 is 2.22 bits per heavy atom. The van der Waals surface area contributed by atoms with E-state index < -0.39 is 0 Å². The summed E-state index contributed by atoms with van der Waals surface area (Å²) in [6, 6.07) is 0. The summed E-state index contributed by atoms with van der Waals surface area (Å²) in [6.07, 6.45) is 2.93. The molecule has 2 rings (SSSR count). The fourth-order valence-electron chi connectivity index (χ4n) is 2.17. The van der Waals surface area contributed by atoms with Gasteiger partial charge >= 0.3 is 0 Å². The number of hydrogen-bond acceptors (Lipinski definition) is 5. The van der Waals surface area contributed by atoms with Gasteiger partial charge in [0.25, 0.3) is 0 Å². The van der Waals surface area contributed by atoms with Gasteiger partial charge in [-0.3, -0.25) is 9.69 Å². The molecule has 1 fully saturated rings. The van der Waals surface area contributed by atoms with Gasteiger partial charge in [0.05, 0.1) is 13.0 Å². The number of Topliss-reactive ketones (excluding diaryl/α,β-unsaturated/α-hetero) is 1. The summed E-state index contributed by atoms with van der Waals surface area (Å²) in [7, 11) is 0. The Morgan fingerprint density at radius 3 is 2.94 bits per heavy atom. The molecule has 1 aromatic heterocycles. The van der Waals surface area contributed by atoms with Gasteiger partial charge < -0.3 is 5.32 Å². The predicted octanol–water partition coefficient (Wildman–Crippen LogP) is -0.295. The first kappa shape index (κ1) is 13.2. The van der Waals surface area contributed by atoms with Crippen molar-refractivity contribution in [1.29, 1.82) is 0 Å². The Morgan fingerprint density at radius 1 is 1.44 bits per heavy atom. The average Bonchev–Trinajstić information content (AvgIpc) is 2.78. The van der Waals surface area contributed by atoms with Crippen molar-refractivity contribution in [3.63, 3.8) is 0 Å². The molecule has 6 nitrogen and oxygen atoms in total. The first-order chi connectivity index (χ1) is 8.79. The van der Waals surface area contributed by atoms with E-state index >= 15 is 0 Å². The van der Waals surface area contributed by atoms with Crippen LogP contribution in [0.5, 0.6) is 0 Å². The summed E-state index contributed by atoms with van der Waals surface area (Å²) in [4.78, 5) is 18.4. The van der Waals surface area contributed by atoms with Gasteiger partial charge in [0.1, 0.15) is 12.2 Å². The molecule has 18 heavy (non-hydrogen) atoms. The Labute approximate surface area is 107 Å². The highest BCUT2D eigenvalue weighted by molar-refractivity contribution is 5.82. The number of carbonyl (C=O) groups is 1. The molecule has 100 valence electrons. The molecule has 2 heterocycles. The lowest BCUT2D eigenvalue weighted by Crippen LogP contribution is -2.45. The van der Waals surface area contributed by atoms with Gasteiger partial charge in [0, 0.05) is 32.7 Å². The third kappa shape index (κ3) is 3.61. The molecule has 0 atom stereocenters. The van der Waals surface area contributed by atoms with Crippen molar-refractivity contribution < 1.29 is 4.79 Å². The number of rotatable bonds is 6. The molecule has 0 bridgehead atoms. The van der Waals surface area contributed by atoms with E-state index in [1.54, 1.807) is 0 Å². The second kappa shape index (κ2) is 6.61. The second-order valence-electron chi connectivity index (χ2n) is 4.64. The molecule has 1 aliphatic heterocycles. The molecule has 0 saturated carbocycles. The summed E-state index contributed by atoms with van der Waals surface area (Å²) in [5, 5.41) is 7.42. The molecule has 0 aliphatic carbocycles. The topological polar surface area (TPSA) is 63.1 Å². The van der Waals surface area contributed by atoms with Crippen molar-refractivity contribution >= 4 is 5.78 Å². The highest BCUT2D eigenvalue weighted by Crippen LogP contribution is 2.00. The normalized spacial score (nSPS) is 16.9. The minimum absolute atomic E-state index is 0.224. The zero-order valence-corrected chi connectivity index (χ0v) is 10.9. The minimum Gasteiger partial charge on any atom is -0.314 e. The maximum atomic E-state index is 12.0. The van der Waals surface area contributed by atoms with Crippen LogP contribution in [0, 0.1) is 0 Å². The molecule has 0 radical (unpaired) electrons. The lowest BCUT2D eigenvalue weighted by atomic mass is 10.2. The van der Waals surface area contributed by atoms with Crippen molar-refractivity contribution in [1.82, 2.24) is 25.0 Å². The average molecular weight is 251 g/mol. The molecule has 1 saturated heterocycles. The van der Waals surface area contributed by atoms with Crippen LogP contribution in [-0.4, -0.2) is 58.2 Å². The van der Waals surface area contributed by atoms with E-state index in [0.717, 1.165) is 45.0 Å². The first-order valence-corrected chi connectivity index (χ1v) is 6.61. The number of aromatic nitrogens is 3. The van der Waals surface area contributed by atoms with E-state index in [0.29, 0.717) is 13.0 Å². The number of nitrogens with zero attached hydrogens (tertiary/aromatic N) is 4. The van der Waals surface area contributed by atoms with Crippen LogP contribution >= 0.6 is 0 Å². The van der Waals surface area contributed by atoms with Crippen molar-refractivity contribution in [3.8, 4) is 0 Å². The monoisotopic (exact) mass is 251 g/mol. The van der Waals surface area contributed by atoms with Crippen LogP contribution in [0.4, 0.5) is 0 Å². The smallest absolute Gasteiger partial charge is 0.154 e. The van der Waals surface area contributed by atoms with Crippen LogP contribution in [0.1, 0.15) is 19.2 Å². The number of aryl methyl sites for hydroxylation is 1. The van der Waals surface area contributed by atoms with Crippen molar-refractivity contribution in [2.45, 2.75) is 26.3 Å². The first-order valence-electron chi connectivity index (χ1n) is 6.61. The molecular weight excluding hydrogens is 230 g/mol. The Balaban J connectivity index is 1.84. The van der Waals surface area contributed by atoms with Crippen LogP contribution in [0.15, 0.2) is 6.33 Å². The number of hydrogen-bond donors (Lipinski definition) is 1. The van der Waals surface area contributed by atoms with Crippen LogP contribution in [0.25, 0.3) is 0 Å². The van der Waals surface area contributed by atoms with E-state index in [-0.39, 0.29) is 5.78 Å². The third-order valence-corrected chi connectivity index (χ3v) is 3.10. The summed E-state index contributed by atoms with van der Waals surface area (Å²) in [5.41, 5.74) is 0. The molecule has 0 amide bonds. The van der Waals surface area contributed by atoms with Crippen molar-refractivity contribution in [2.24, 2.45) is 0 Å². The number of piperazine rings is 1. The quantitative estimate of drug-likeness (QED) is 0.752. The molecule has 1 aromatic rings. The SMILES string of the molecule is CCCn1ncnc1CC(=O)CN1CCNCC1. The zero-order chi connectivity index (χ0) is 12.8. The predicted molar refractivity (Wildman–Crippen MR) is 68.3 cm³/mol. The zero-order valence-electron chi connectivity index (χ0n) is 10.9. The Kier molecular flexibility index (Phi) is 4.83. The molecule has 0 unspecified atom stereocenters. The summed E-state index contributed by atoms with van der Waals surface area (Å²) < 4.78 is 1.83.